The van der Waals surface area contributed by atoms with Gasteiger partial charge in [0, 0.05) is 50.4 Å². The third kappa shape index (κ3) is 19.7. The number of hydrogen-bond donors (Lipinski definition) is 11. The average Bonchev–Trinajstić information content (AvgIpc) is 3.22. The number of carboxylic acid groups (broad SMARTS) is 1. The van der Waals surface area contributed by atoms with Gasteiger partial charge in [0.1, 0.15) is 23.9 Å². The van der Waals surface area contributed by atoms with Crippen molar-refractivity contribution in [3.8, 4) is 0 Å². The number of aliphatic hydroxyl groups is 9. The first-order chi connectivity index (χ1) is 30.5. The number of carbonyl (C=O) groups excluding carboxylic acids is 2. The van der Waals surface area contributed by atoms with Crippen molar-refractivity contribution in [1.82, 2.24) is 0 Å². The minimum atomic E-state index is -2.36. The van der Waals surface area contributed by atoms with Gasteiger partial charge in [-0.1, -0.05) is 86.8 Å². The number of rotatable bonds is 27. The standard InChI is InChI=1S/C47H75NO17/c1-7-9-11-12-13-14-16-17-27(3)42(56)28(4)29(5)62-39(55)23-33(51)22-32(50)21-31(49)19-20-35(52)36(53)25-47(61)26-37(54)40(45(59)60)38(65-47)24-34(18-15-10-8-2)64-46-44(58)41(48)43(57)30(6)63-46/h7-18,27-30,32-38,40-44,46,50-54,56-58,61H,19-26,48H2,1-6H3,(H,59,60)/b9-7+,10-8+,12-11+,14-13+,17-16+,18-15+/t27-,28-,29-,30?,32+,33+,34-,35+,36+,37-,38?,40+,41?,42+,43?,44?,46?,47+/m0/s1. The van der Waals surface area contributed by atoms with Crippen LogP contribution in [0.25, 0.3) is 0 Å². The smallest absolute Gasteiger partial charge is 0.311 e. The van der Waals surface area contributed by atoms with Crippen LogP contribution in [0.5, 0.6) is 0 Å². The molecule has 0 aromatic rings. The Morgan fingerprint density at radius 2 is 1.42 bits per heavy atom. The number of hydrogen-bond acceptors (Lipinski definition) is 17. The summed E-state index contributed by atoms with van der Waals surface area (Å²) >= 11 is 0. The van der Waals surface area contributed by atoms with Gasteiger partial charge >= 0.3 is 11.9 Å². The number of ketones is 1. The third-order valence-electron chi connectivity index (χ3n) is 11.7. The van der Waals surface area contributed by atoms with Gasteiger partial charge in [0.15, 0.2) is 12.1 Å². The summed E-state index contributed by atoms with van der Waals surface area (Å²) in [6, 6.07) is -1.13. The van der Waals surface area contributed by atoms with Crippen LogP contribution in [0, 0.1) is 17.8 Å². The van der Waals surface area contributed by atoms with Gasteiger partial charge in [-0.3, -0.25) is 14.4 Å². The van der Waals surface area contributed by atoms with Gasteiger partial charge in [0.2, 0.25) is 0 Å². The zero-order valence-electron chi connectivity index (χ0n) is 38.3. The molecule has 18 nitrogen and oxygen atoms in total. The van der Waals surface area contributed by atoms with E-state index in [2.05, 4.69) is 0 Å². The molecule has 65 heavy (non-hydrogen) atoms. The topological polar surface area (TPSA) is 316 Å². The normalized spacial score (nSPS) is 31.1. The van der Waals surface area contributed by atoms with Crippen molar-refractivity contribution in [3.63, 3.8) is 0 Å². The summed E-state index contributed by atoms with van der Waals surface area (Å²) in [6.07, 6.45) is 1.03. The molecule has 0 saturated carbocycles. The fourth-order valence-electron chi connectivity index (χ4n) is 7.66. The Bertz CT molecular complexity index is 1630. The van der Waals surface area contributed by atoms with E-state index >= 15 is 0 Å². The lowest BCUT2D eigenvalue weighted by Crippen LogP contribution is -2.61. The molecule has 12 N–H and O–H groups in total. The van der Waals surface area contributed by atoms with Gasteiger partial charge in [-0.15, -0.1) is 0 Å². The molecule has 0 spiro atoms. The van der Waals surface area contributed by atoms with Crippen LogP contribution in [-0.4, -0.2) is 160 Å². The van der Waals surface area contributed by atoms with Gasteiger partial charge in [-0.05, 0) is 34.1 Å². The van der Waals surface area contributed by atoms with Crippen molar-refractivity contribution in [1.29, 1.82) is 0 Å². The third-order valence-corrected chi connectivity index (χ3v) is 11.7. The molecule has 18 atom stereocenters. The Balaban J connectivity index is 1.92. The summed E-state index contributed by atoms with van der Waals surface area (Å²) in [4.78, 5) is 37.6. The molecule has 6 unspecified atom stereocenters. The van der Waals surface area contributed by atoms with E-state index in [1.54, 1.807) is 39.0 Å². The Morgan fingerprint density at radius 1 is 0.831 bits per heavy atom. The van der Waals surface area contributed by atoms with E-state index in [0.717, 1.165) is 0 Å². The van der Waals surface area contributed by atoms with Gasteiger partial charge in [0.05, 0.1) is 73.5 Å². The molecule has 370 valence electrons. The molecule has 0 radical (unpaired) electrons. The zero-order chi connectivity index (χ0) is 49.0. The monoisotopic (exact) mass is 926 g/mol. The van der Waals surface area contributed by atoms with Gasteiger partial charge < -0.3 is 75.7 Å². The summed E-state index contributed by atoms with van der Waals surface area (Å²) in [6.45, 7) is 10.4. The van der Waals surface area contributed by atoms with Crippen molar-refractivity contribution in [2.75, 3.05) is 0 Å². The Labute approximate surface area is 382 Å². The highest BCUT2D eigenvalue weighted by Crippen LogP contribution is 2.38. The van der Waals surface area contributed by atoms with E-state index in [9.17, 15) is 65.4 Å². The SMILES string of the molecule is C/C=C/C=C/C=C/C=C/[C@H](C)[C@@H](O)[C@@H](C)[C@H](C)OC(=O)C[C@H](O)C[C@H](O)CC(=O)CC[C@@H](O)[C@H](O)C[C@]1(O)C[C@H](O)[C@@H](C(=O)O)C(C[C@H](/C=C/C=C/C)OC2OC(C)C(O)C(N)C2O)O1. The molecule has 2 heterocycles. The van der Waals surface area contributed by atoms with Crippen LogP contribution >= 0.6 is 0 Å². The summed E-state index contributed by atoms with van der Waals surface area (Å²) in [5.74, 6) is -7.40. The minimum Gasteiger partial charge on any atom is -0.481 e. The van der Waals surface area contributed by atoms with Crippen molar-refractivity contribution in [3.05, 3.63) is 72.9 Å². The van der Waals surface area contributed by atoms with Crippen molar-refractivity contribution < 1.29 is 84.4 Å². The first kappa shape index (κ1) is 57.7. The number of aliphatic hydroxyl groups excluding tert-OH is 8. The molecule has 0 amide bonds. The van der Waals surface area contributed by atoms with Crippen molar-refractivity contribution in [2.45, 2.75) is 184 Å². The lowest BCUT2D eigenvalue weighted by Gasteiger charge is -2.45. The molecular formula is C47H75NO17. The molecule has 2 saturated heterocycles. The molecule has 2 aliphatic rings. The average molecular weight is 926 g/mol. The largest absolute Gasteiger partial charge is 0.481 e. The van der Waals surface area contributed by atoms with E-state index in [1.807, 2.05) is 62.5 Å². The second kappa shape index (κ2) is 28.6. The fourth-order valence-corrected chi connectivity index (χ4v) is 7.66. The highest BCUT2D eigenvalue weighted by Gasteiger charge is 2.51. The number of carbonyl (C=O) groups is 3. The summed E-state index contributed by atoms with van der Waals surface area (Å²) in [5, 5.41) is 107. The molecule has 0 bridgehead atoms. The summed E-state index contributed by atoms with van der Waals surface area (Å²) in [5.41, 5.74) is 5.95. The van der Waals surface area contributed by atoms with Crippen LogP contribution in [0.1, 0.15) is 92.9 Å². The Kier molecular flexibility index (Phi) is 25.4. The van der Waals surface area contributed by atoms with E-state index < -0.39 is 147 Å². The second-order valence-electron chi connectivity index (χ2n) is 17.3. The number of esters is 1. The molecule has 0 aliphatic carbocycles. The van der Waals surface area contributed by atoms with E-state index in [-0.39, 0.29) is 31.6 Å². The molecular weight excluding hydrogens is 851 g/mol. The van der Waals surface area contributed by atoms with Crippen molar-refractivity contribution in [2.24, 2.45) is 23.5 Å². The molecule has 2 aliphatic heterocycles. The molecule has 2 rings (SSSR count). The maximum Gasteiger partial charge on any atom is 0.311 e. The van der Waals surface area contributed by atoms with Crippen LogP contribution in [0.3, 0.4) is 0 Å². The number of allylic oxidation sites excluding steroid dienone is 10. The van der Waals surface area contributed by atoms with Crippen molar-refractivity contribution >= 4 is 17.7 Å². The first-order valence-corrected chi connectivity index (χ1v) is 22.3. The van der Waals surface area contributed by atoms with E-state index in [0.29, 0.717) is 0 Å². The number of Topliss-reactive ketones (excluding diaryl/α,β-unsaturated/α-hetero) is 1. The quantitative estimate of drug-likeness (QED) is 0.0410. The van der Waals surface area contributed by atoms with Gasteiger partial charge in [-0.2, -0.15) is 0 Å². The van der Waals surface area contributed by atoms with E-state index in [4.69, 9.17) is 24.7 Å². The summed E-state index contributed by atoms with van der Waals surface area (Å²) < 4.78 is 22.9. The van der Waals surface area contributed by atoms with Crippen LogP contribution < -0.4 is 5.73 Å². The first-order valence-electron chi connectivity index (χ1n) is 22.3. The second-order valence-corrected chi connectivity index (χ2v) is 17.3. The van der Waals surface area contributed by atoms with Crippen LogP contribution in [0.4, 0.5) is 0 Å². The predicted octanol–water partition coefficient (Wildman–Crippen LogP) is 1.39. The van der Waals surface area contributed by atoms with Crippen LogP contribution in [0.15, 0.2) is 72.9 Å². The molecule has 0 aromatic carbocycles. The Hall–Kier alpha value is -3.47. The predicted molar refractivity (Wildman–Crippen MR) is 238 cm³/mol. The molecule has 0 aromatic heterocycles. The number of aliphatic carboxylic acids is 1. The van der Waals surface area contributed by atoms with Crippen LogP contribution in [-0.2, 0) is 33.3 Å². The number of nitrogens with two attached hydrogens (primary N) is 1. The fraction of sp³-hybridized carbons (Fsp3) is 0.681. The maximum atomic E-state index is 12.7. The van der Waals surface area contributed by atoms with Gasteiger partial charge in [0.25, 0.3) is 0 Å². The Morgan fingerprint density at radius 3 is 2.05 bits per heavy atom. The lowest BCUT2D eigenvalue weighted by molar-refractivity contribution is -0.310. The summed E-state index contributed by atoms with van der Waals surface area (Å²) in [7, 11) is 0. The minimum absolute atomic E-state index is 0.255. The highest BCUT2D eigenvalue weighted by molar-refractivity contribution is 5.78. The highest BCUT2D eigenvalue weighted by atomic mass is 16.7. The van der Waals surface area contributed by atoms with E-state index in [1.165, 1.54) is 13.0 Å². The number of ether oxygens (including phenoxy) is 4. The number of carboxylic acids is 1. The van der Waals surface area contributed by atoms with Crippen LogP contribution in [0.2, 0.25) is 0 Å². The lowest BCUT2D eigenvalue weighted by atomic mass is 9.82. The molecule has 2 fully saturated rings. The van der Waals surface area contributed by atoms with Gasteiger partial charge in [-0.25, -0.2) is 0 Å². The molecule has 18 heteroatoms. The maximum absolute atomic E-state index is 12.7. The zero-order valence-corrected chi connectivity index (χ0v) is 38.3.